The van der Waals surface area contributed by atoms with Crippen molar-refractivity contribution in [3.63, 3.8) is 0 Å². The summed E-state index contributed by atoms with van der Waals surface area (Å²) in [5, 5.41) is 0.612. The lowest BCUT2D eigenvalue weighted by Gasteiger charge is -2.38. The van der Waals surface area contributed by atoms with Crippen LogP contribution in [0.5, 0.6) is 0 Å². The van der Waals surface area contributed by atoms with Crippen molar-refractivity contribution >= 4 is 11.6 Å². The molecule has 0 N–H and O–H groups in total. The Labute approximate surface area is 108 Å². The number of pyridine rings is 1. The fraction of sp³-hybridized carbons (Fsp3) is 0.615. The zero-order chi connectivity index (χ0) is 12.3. The SMILES string of the molecule is CCC1COC(C)CN1Cc1cccnc1Cl. The molecule has 3 nitrogen and oxygen atoms in total. The molecule has 2 unspecified atom stereocenters. The van der Waals surface area contributed by atoms with Crippen LogP contribution in [0.2, 0.25) is 5.15 Å². The van der Waals surface area contributed by atoms with Crippen LogP contribution in [0.4, 0.5) is 0 Å². The van der Waals surface area contributed by atoms with E-state index in [1.54, 1.807) is 6.20 Å². The lowest BCUT2D eigenvalue weighted by atomic mass is 10.1. The molecule has 0 aromatic carbocycles. The molecule has 0 spiro atoms. The van der Waals surface area contributed by atoms with Crippen LogP contribution in [0, 0.1) is 0 Å². The van der Waals surface area contributed by atoms with Crippen LogP contribution in [0.1, 0.15) is 25.8 Å². The Bertz CT molecular complexity index is 372. The molecular weight excluding hydrogens is 236 g/mol. The van der Waals surface area contributed by atoms with E-state index in [1.165, 1.54) is 0 Å². The van der Waals surface area contributed by atoms with Crippen LogP contribution < -0.4 is 0 Å². The summed E-state index contributed by atoms with van der Waals surface area (Å²) in [5.41, 5.74) is 1.10. The second-order valence-electron chi connectivity index (χ2n) is 4.59. The van der Waals surface area contributed by atoms with Gasteiger partial charge in [0.25, 0.3) is 0 Å². The predicted molar refractivity (Wildman–Crippen MR) is 69.2 cm³/mol. The van der Waals surface area contributed by atoms with E-state index in [0.717, 1.165) is 31.7 Å². The first kappa shape index (κ1) is 12.8. The Kier molecular flexibility index (Phi) is 4.37. The molecule has 1 aliphatic heterocycles. The summed E-state index contributed by atoms with van der Waals surface area (Å²) in [7, 11) is 0. The second-order valence-corrected chi connectivity index (χ2v) is 4.95. The molecule has 4 heteroatoms. The van der Waals surface area contributed by atoms with Gasteiger partial charge < -0.3 is 4.74 Å². The molecule has 94 valence electrons. The van der Waals surface area contributed by atoms with Gasteiger partial charge in [0.15, 0.2) is 0 Å². The highest BCUT2D eigenvalue weighted by Crippen LogP contribution is 2.20. The first-order chi connectivity index (χ1) is 8.20. The summed E-state index contributed by atoms with van der Waals surface area (Å²) in [6.45, 7) is 6.95. The van der Waals surface area contributed by atoms with Crippen molar-refractivity contribution in [2.45, 2.75) is 39.0 Å². The van der Waals surface area contributed by atoms with Crippen molar-refractivity contribution in [2.24, 2.45) is 0 Å². The third-order valence-electron chi connectivity index (χ3n) is 3.26. The molecule has 1 aromatic heterocycles. The molecule has 0 bridgehead atoms. The average molecular weight is 255 g/mol. The van der Waals surface area contributed by atoms with E-state index in [1.807, 2.05) is 12.1 Å². The fourth-order valence-electron chi connectivity index (χ4n) is 2.24. The van der Waals surface area contributed by atoms with Crippen LogP contribution in [0.3, 0.4) is 0 Å². The molecule has 2 heterocycles. The van der Waals surface area contributed by atoms with Crippen molar-refractivity contribution in [2.75, 3.05) is 13.2 Å². The molecule has 0 amide bonds. The maximum Gasteiger partial charge on any atom is 0.133 e. The Morgan fingerprint density at radius 2 is 2.41 bits per heavy atom. The largest absolute Gasteiger partial charge is 0.376 e. The molecule has 0 saturated carbocycles. The maximum absolute atomic E-state index is 6.10. The number of rotatable bonds is 3. The van der Waals surface area contributed by atoms with Crippen molar-refractivity contribution in [1.82, 2.24) is 9.88 Å². The minimum atomic E-state index is 0.299. The number of hydrogen-bond acceptors (Lipinski definition) is 3. The molecule has 1 aliphatic rings. The van der Waals surface area contributed by atoms with Crippen LogP contribution in [0.25, 0.3) is 0 Å². The van der Waals surface area contributed by atoms with Crippen molar-refractivity contribution in [3.05, 3.63) is 29.0 Å². The standard InChI is InChI=1S/C13H19ClN2O/c1-3-12-9-17-10(2)7-16(12)8-11-5-4-6-15-13(11)14/h4-6,10,12H,3,7-9H2,1-2H3. The topological polar surface area (TPSA) is 25.4 Å². The summed E-state index contributed by atoms with van der Waals surface area (Å²) < 4.78 is 5.69. The van der Waals surface area contributed by atoms with Gasteiger partial charge >= 0.3 is 0 Å². The third kappa shape index (κ3) is 3.18. The lowest BCUT2D eigenvalue weighted by Crippen LogP contribution is -2.47. The molecule has 2 rings (SSSR count). The van der Waals surface area contributed by atoms with Gasteiger partial charge in [-0.05, 0) is 19.4 Å². The fourth-order valence-corrected chi connectivity index (χ4v) is 2.42. The first-order valence-corrected chi connectivity index (χ1v) is 6.53. The molecule has 0 radical (unpaired) electrons. The summed E-state index contributed by atoms with van der Waals surface area (Å²) in [6.07, 6.45) is 3.13. The Balaban J connectivity index is 2.07. The minimum absolute atomic E-state index is 0.299. The molecular formula is C13H19ClN2O. The van der Waals surface area contributed by atoms with Crippen LogP contribution in [-0.4, -0.2) is 35.2 Å². The molecule has 0 aliphatic carbocycles. The number of hydrogen-bond donors (Lipinski definition) is 0. The van der Waals surface area contributed by atoms with Crippen LogP contribution in [-0.2, 0) is 11.3 Å². The molecule has 1 aromatic rings. The molecule has 2 atom stereocenters. The molecule has 1 saturated heterocycles. The highest BCUT2D eigenvalue weighted by Gasteiger charge is 2.25. The summed E-state index contributed by atoms with van der Waals surface area (Å²) in [4.78, 5) is 6.56. The Morgan fingerprint density at radius 1 is 1.59 bits per heavy atom. The number of aromatic nitrogens is 1. The van der Waals surface area contributed by atoms with Gasteiger partial charge in [-0.1, -0.05) is 24.6 Å². The molecule has 17 heavy (non-hydrogen) atoms. The first-order valence-electron chi connectivity index (χ1n) is 6.15. The smallest absolute Gasteiger partial charge is 0.133 e. The highest BCUT2D eigenvalue weighted by molar-refractivity contribution is 6.30. The van der Waals surface area contributed by atoms with E-state index in [0.29, 0.717) is 17.3 Å². The van der Waals surface area contributed by atoms with Gasteiger partial charge in [0, 0.05) is 30.9 Å². The normalized spacial score (nSPS) is 26.1. The average Bonchev–Trinajstić information content (AvgIpc) is 2.32. The number of nitrogens with zero attached hydrogens (tertiary/aromatic N) is 2. The van der Waals surface area contributed by atoms with Gasteiger partial charge in [0.1, 0.15) is 5.15 Å². The maximum atomic E-state index is 6.10. The van der Waals surface area contributed by atoms with Crippen molar-refractivity contribution in [1.29, 1.82) is 0 Å². The second kappa shape index (κ2) is 5.80. The summed E-state index contributed by atoms with van der Waals surface area (Å²) >= 11 is 6.10. The van der Waals surface area contributed by atoms with E-state index in [4.69, 9.17) is 16.3 Å². The third-order valence-corrected chi connectivity index (χ3v) is 3.60. The van der Waals surface area contributed by atoms with Crippen LogP contribution >= 0.6 is 11.6 Å². The summed E-state index contributed by atoms with van der Waals surface area (Å²) in [6, 6.07) is 4.47. The highest BCUT2D eigenvalue weighted by atomic mass is 35.5. The van der Waals surface area contributed by atoms with Crippen molar-refractivity contribution < 1.29 is 4.74 Å². The zero-order valence-corrected chi connectivity index (χ0v) is 11.2. The number of morpholine rings is 1. The quantitative estimate of drug-likeness (QED) is 0.776. The Hall–Kier alpha value is -0.640. The van der Waals surface area contributed by atoms with Gasteiger partial charge in [-0.3, -0.25) is 4.90 Å². The minimum Gasteiger partial charge on any atom is -0.376 e. The van der Waals surface area contributed by atoms with Gasteiger partial charge in [0.2, 0.25) is 0 Å². The van der Waals surface area contributed by atoms with E-state index in [9.17, 15) is 0 Å². The van der Waals surface area contributed by atoms with E-state index < -0.39 is 0 Å². The van der Waals surface area contributed by atoms with E-state index >= 15 is 0 Å². The predicted octanol–water partition coefficient (Wildman–Crippen LogP) is 2.73. The Morgan fingerprint density at radius 3 is 3.12 bits per heavy atom. The lowest BCUT2D eigenvalue weighted by molar-refractivity contribution is -0.0592. The number of halogens is 1. The summed E-state index contributed by atoms with van der Waals surface area (Å²) in [5.74, 6) is 0. The number of ether oxygens (including phenoxy) is 1. The van der Waals surface area contributed by atoms with Gasteiger partial charge in [-0.15, -0.1) is 0 Å². The van der Waals surface area contributed by atoms with Gasteiger partial charge in [-0.25, -0.2) is 4.98 Å². The van der Waals surface area contributed by atoms with Gasteiger partial charge in [0.05, 0.1) is 12.7 Å². The van der Waals surface area contributed by atoms with Crippen molar-refractivity contribution in [3.8, 4) is 0 Å². The van der Waals surface area contributed by atoms with E-state index in [2.05, 4.69) is 23.7 Å². The van der Waals surface area contributed by atoms with Gasteiger partial charge in [-0.2, -0.15) is 0 Å². The zero-order valence-electron chi connectivity index (χ0n) is 10.4. The van der Waals surface area contributed by atoms with Crippen LogP contribution in [0.15, 0.2) is 18.3 Å². The monoisotopic (exact) mass is 254 g/mol. The molecule has 1 fully saturated rings. The van der Waals surface area contributed by atoms with E-state index in [-0.39, 0.29) is 0 Å².